The van der Waals surface area contributed by atoms with Gasteiger partial charge in [-0.05, 0) is 43.9 Å². The molecule has 0 aliphatic heterocycles. The summed E-state index contributed by atoms with van der Waals surface area (Å²) in [5.74, 6) is -0.0112. The molecule has 0 fully saturated rings. The Morgan fingerprint density at radius 2 is 1.75 bits per heavy atom. The fourth-order valence-corrected chi connectivity index (χ4v) is 2.67. The van der Waals surface area contributed by atoms with Gasteiger partial charge in [0.05, 0.1) is 0 Å². The van der Waals surface area contributed by atoms with Gasteiger partial charge in [0, 0.05) is 30.9 Å². The van der Waals surface area contributed by atoms with Crippen LogP contribution < -0.4 is 10.2 Å². The van der Waals surface area contributed by atoms with E-state index in [1.54, 1.807) is 0 Å². The van der Waals surface area contributed by atoms with Crippen molar-refractivity contribution in [3.05, 3.63) is 29.8 Å². The van der Waals surface area contributed by atoms with E-state index >= 15 is 0 Å². The summed E-state index contributed by atoms with van der Waals surface area (Å²) >= 11 is 0. The number of nitrogens with zero attached hydrogens (tertiary/aromatic N) is 1. The summed E-state index contributed by atoms with van der Waals surface area (Å²) in [7, 11) is 3.95. The average molecular weight is 276 g/mol. The number of benzene rings is 1. The molecular weight excluding hydrogens is 248 g/mol. The summed E-state index contributed by atoms with van der Waals surface area (Å²) < 4.78 is 0. The minimum absolute atomic E-state index is 0.0112. The second kappa shape index (κ2) is 5.86. The highest BCUT2D eigenvalue weighted by molar-refractivity contribution is 5.95. The van der Waals surface area contributed by atoms with Crippen LogP contribution in [0.4, 0.5) is 5.69 Å². The molecule has 0 aliphatic carbocycles. The van der Waals surface area contributed by atoms with E-state index in [1.807, 2.05) is 43.3 Å². The summed E-state index contributed by atoms with van der Waals surface area (Å²) in [6.45, 7) is 10.7. The van der Waals surface area contributed by atoms with Gasteiger partial charge in [-0.2, -0.15) is 0 Å². The zero-order valence-electron chi connectivity index (χ0n) is 13.9. The van der Waals surface area contributed by atoms with Gasteiger partial charge in [0.1, 0.15) is 0 Å². The highest BCUT2D eigenvalue weighted by Gasteiger charge is 2.27. The second-order valence-electron chi connectivity index (χ2n) is 7.52. The molecule has 1 aromatic rings. The minimum Gasteiger partial charge on any atom is -0.378 e. The molecule has 0 radical (unpaired) electrons. The maximum atomic E-state index is 12.4. The van der Waals surface area contributed by atoms with Crippen molar-refractivity contribution in [3.8, 4) is 0 Å². The first-order valence-corrected chi connectivity index (χ1v) is 7.10. The first-order chi connectivity index (χ1) is 9.00. The molecule has 20 heavy (non-hydrogen) atoms. The molecule has 3 heteroatoms. The van der Waals surface area contributed by atoms with Crippen LogP contribution in [0.5, 0.6) is 0 Å². The lowest BCUT2D eigenvalue weighted by atomic mass is 9.81. The van der Waals surface area contributed by atoms with Crippen LogP contribution in [0.2, 0.25) is 0 Å². The van der Waals surface area contributed by atoms with Gasteiger partial charge in [-0.1, -0.05) is 26.8 Å². The molecule has 0 spiro atoms. The molecule has 0 saturated carbocycles. The highest BCUT2D eigenvalue weighted by atomic mass is 16.1. The van der Waals surface area contributed by atoms with E-state index in [-0.39, 0.29) is 16.9 Å². The summed E-state index contributed by atoms with van der Waals surface area (Å²) in [6, 6.07) is 7.69. The summed E-state index contributed by atoms with van der Waals surface area (Å²) in [6.07, 6.45) is 0.930. The smallest absolute Gasteiger partial charge is 0.251 e. The van der Waals surface area contributed by atoms with Crippen LogP contribution in [0.15, 0.2) is 24.3 Å². The number of anilines is 1. The minimum atomic E-state index is -0.219. The number of amides is 1. The molecule has 112 valence electrons. The number of carbonyl (C=O) groups is 1. The molecule has 0 aliphatic rings. The van der Waals surface area contributed by atoms with Gasteiger partial charge >= 0.3 is 0 Å². The van der Waals surface area contributed by atoms with Crippen molar-refractivity contribution in [2.75, 3.05) is 19.0 Å². The molecular formula is C17H28N2O. The van der Waals surface area contributed by atoms with E-state index in [4.69, 9.17) is 0 Å². The van der Waals surface area contributed by atoms with E-state index in [9.17, 15) is 4.79 Å². The van der Waals surface area contributed by atoms with Crippen molar-refractivity contribution in [2.45, 2.75) is 46.6 Å². The summed E-state index contributed by atoms with van der Waals surface area (Å²) in [4.78, 5) is 14.4. The molecule has 0 saturated heterocycles. The Labute approximate surface area is 123 Å². The number of nitrogens with one attached hydrogen (secondary N) is 1. The molecule has 1 aromatic carbocycles. The fraction of sp³-hybridized carbons (Fsp3) is 0.588. The van der Waals surface area contributed by atoms with Gasteiger partial charge in [-0.15, -0.1) is 0 Å². The Balaban J connectivity index is 2.83. The quantitative estimate of drug-likeness (QED) is 0.909. The van der Waals surface area contributed by atoms with E-state index < -0.39 is 0 Å². The molecule has 3 nitrogen and oxygen atoms in total. The van der Waals surface area contributed by atoms with Gasteiger partial charge in [0.2, 0.25) is 0 Å². The van der Waals surface area contributed by atoms with Crippen LogP contribution in [-0.2, 0) is 0 Å². The van der Waals surface area contributed by atoms with Crippen molar-refractivity contribution in [1.29, 1.82) is 0 Å². The zero-order chi connectivity index (χ0) is 15.6. The molecule has 1 amide bonds. The molecule has 1 N–H and O–H groups in total. The third-order valence-corrected chi connectivity index (χ3v) is 3.05. The van der Waals surface area contributed by atoms with Gasteiger partial charge in [0.25, 0.3) is 5.91 Å². The predicted octanol–water partition coefficient (Wildman–Crippen LogP) is 3.70. The number of hydrogen-bond donors (Lipinski definition) is 1. The number of carbonyl (C=O) groups excluding carboxylic acids is 1. The Kier molecular flexibility index (Phi) is 4.85. The molecule has 0 aromatic heterocycles. The van der Waals surface area contributed by atoms with Gasteiger partial charge < -0.3 is 10.2 Å². The van der Waals surface area contributed by atoms with E-state index in [2.05, 4.69) is 39.9 Å². The van der Waals surface area contributed by atoms with Crippen LogP contribution in [0.25, 0.3) is 0 Å². The Bertz CT molecular complexity index is 470. The Hall–Kier alpha value is -1.51. The molecule has 1 rings (SSSR count). The molecule has 0 bridgehead atoms. The predicted molar refractivity (Wildman–Crippen MR) is 86.4 cm³/mol. The Morgan fingerprint density at radius 3 is 2.25 bits per heavy atom. The lowest BCUT2D eigenvalue weighted by Gasteiger charge is -2.33. The number of hydrogen-bond acceptors (Lipinski definition) is 2. The third-order valence-electron chi connectivity index (χ3n) is 3.05. The maximum absolute atomic E-state index is 12.4. The maximum Gasteiger partial charge on any atom is 0.251 e. The summed E-state index contributed by atoms with van der Waals surface area (Å²) in [5.41, 5.74) is 1.70. The second-order valence-corrected chi connectivity index (χ2v) is 7.52. The van der Waals surface area contributed by atoms with Crippen LogP contribution in [0.3, 0.4) is 0 Å². The standard InChI is InChI=1S/C17H28N2O/c1-16(2,3)12-17(4,5)18-15(20)13-9-8-10-14(11-13)19(6)7/h8-11H,12H2,1-7H3,(H,18,20). The van der Waals surface area contributed by atoms with Crippen LogP contribution in [-0.4, -0.2) is 25.5 Å². The SMILES string of the molecule is CN(C)c1cccc(C(=O)NC(C)(C)CC(C)(C)C)c1. The number of rotatable bonds is 4. The van der Waals surface area contributed by atoms with Gasteiger partial charge in [0.15, 0.2) is 0 Å². The third kappa shape index (κ3) is 5.24. The Morgan fingerprint density at radius 1 is 1.15 bits per heavy atom. The van der Waals surface area contributed by atoms with E-state index in [0.717, 1.165) is 12.1 Å². The van der Waals surface area contributed by atoms with Crippen molar-refractivity contribution < 1.29 is 4.79 Å². The normalized spacial score (nSPS) is 12.2. The largest absolute Gasteiger partial charge is 0.378 e. The van der Waals surface area contributed by atoms with Crippen LogP contribution in [0.1, 0.15) is 51.4 Å². The average Bonchev–Trinajstić information content (AvgIpc) is 2.25. The fourth-order valence-electron chi connectivity index (χ4n) is 2.67. The van der Waals surface area contributed by atoms with Crippen molar-refractivity contribution in [3.63, 3.8) is 0 Å². The van der Waals surface area contributed by atoms with Crippen molar-refractivity contribution in [1.82, 2.24) is 5.32 Å². The topological polar surface area (TPSA) is 32.3 Å². The first-order valence-electron chi connectivity index (χ1n) is 7.10. The van der Waals surface area contributed by atoms with E-state index in [0.29, 0.717) is 5.56 Å². The van der Waals surface area contributed by atoms with Crippen molar-refractivity contribution >= 4 is 11.6 Å². The van der Waals surface area contributed by atoms with Crippen LogP contribution >= 0.6 is 0 Å². The van der Waals surface area contributed by atoms with Gasteiger partial charge in [-0.3, -0.25) is 4.79 Å². The molecule has 0 unspecified atom stereocenters. The van der Waals surface area contributed by atoms with E-state index in [1.165, 1.54) is 0 Å². The molecule has 0 heterocycles. The summed E-state index contributed by atoms with van der Waals surface area (Å²) in [5, 5.41) is 3.14. The lowest BCUT2D eigenvalue weighted by molar-refractivity contribution is 0.0891. The monoisotopic (exact) mass is 276 g/mol. The highest BCUT2D eigenvalue weighted by Crippen LogP contribution is 2.27. The first kappa shape index (κ1) is 16.5. The van der Waals surface area contributed by atoms with Crippen LogP contribution in [0, 0.1) is 5.41 Å². The zero-order valence-corrected chi connectivity index (χ0v) is 13.9. The lowest BCUT2D eigenvalue weighted by Crippen LogP contribution is -2.45. The van der Waals surface area contributed by atoms with Gasteiger partial charge in [-0.25, -0.2) is 0 Å². The molecule has 0 atom stereocenters. The van der Waals surface area contributed by atoms with Crippen molar-refractivity contribution in [2.24, 2.45) is 5.41 Å².